The molecule has 0 aromatic heterocycles. The lowest BCUT2D eigenvalue weighted by molar-refractivity contribution is -0.147. The molecule has 3 fully saturated rings. The van der Waals surface area contributed by atoms with E-state index in [4.69, 9.17) is 4.74 Å². The number of aliphatic hydroxyl groups is 1. The Bertz CT molecular complexity index is 1020. The van der Waals surface area contributed by atoms with Crippen LogP contribution in [0.3, 0.4) is 0 Å². The van der Waals surface area contributed by atoms with Crippen molar-refractivity contribution < 1.29 is 24.2 Å². The number of carbonyl (C=O) groups is 3. The predicted octanol–water partition coefficient (Wildman–Crippen LogP) is 2.39. The number of amides is 3. The van der Waals surface area contributed by atoms with Crippen LogP contribution in [-0.2, 0) is 25.7 Å². The van der Waals surface area contributed by atoms with Gasteiger partial charge in [-0.1, -0.05) is 51.1 Å². The summed E-state index contributed by atoms with van der Waals surface area (Å²) in [5.74, 6) is -2.28. The summed E-state index contributed by atoms with van der Waals surface area (Å²) in [5, 5.41) is 15.9. The Kier molecular flexibility index (Phi) is 6.75. The van der Waals surface area contributed by atoms with Gasteiger partial charge in [0.15, 0.2) is 0 Å². The molecular weight excluding hydrogens is 458 g/mol. The quantitative estimate of drug-likeness (QED) is 0.509. The zero-order chi connectivity index (χ0) is 26.5. The van der Waals surface area contributed by atoms with Gasteiger partial charge in [0.25, 0.3) is 0 Å². The summed E-state index contributed by atoms with van der Waals surface area (Å²) in [5.41, 5.74) is -1.46. The molecule has 3 amide bonds. The Labute approximate surface area is 214 Å². The lowest BCUT2D eigenvalue weighted by Crippen LogP contribution is -2.59. The van der Waals surface area contributed by atoms with Crippen molar-refractivity contribution >= 4 is 17.7 Å². The van der Waals surface area contributed by atoms with Crippen molar-refractivity contribution in [2.24, 2.45) is 17.3 Å². The second-order valence-corrected chi connectivity index (χ2v) is 12.8. The van der Waals surface area contributed by atoms with Crippen LogP contribution in [-0.4, -0.2) is 63.7 Å². The van der Waals surface area contributed by atoms with E-state index in [1.165, 1.54) is 4.90 Å². The van der Waals surface area contributed by atoms with Crippen molar-refractivity contribution in [1.82, 2.24) is 15.5 Å². The predicted molar refractivity (Wildman–Crippen MR) is 136 cm³/mol. The Hall–Kier alpha value is -2.45. The zero-order valence-electron chi connectivity index (χ0n) is 22.4. The minimum Gasteiger partial charge on any atom is -0.395 e. The molecule has 0 radical (unpaired) electrons. The molecule has 5 atom stereocenters. The van der Waals surface area contributed by atoms with Crippen LogP contribution in [0.2, 0.25) is 0 Å². The van der Waals surface area contributed by atoms with Crippen LogP contribution in [0.5, 0.6) is 0 Å². The second-order valence-electron chi connectivity index (χ2n) is 12.8. The van der Waals surface area contributed by atoms with E-state index in [-0.39, 0.29) is 36.3 Å². The maximum absolute atomic E-state index is 13.8. The van der Waals surface area contributed by atoms with Gasteiger partial charge in [-0.3, -0.25) is 14.4 Å². The Balaban J connectivity index is 1.62. The van der Waals surface area contributed by atoms with Crippen LogP contribution in [0.25, 0.3) is 0 Å². The van der Waals surface area contributed by atoms with Gasteiger partial charge < -0.3 is 25.4 Å². The van der Waals surface area contributed by atoms with Crippen molar-refractivity contribution in [3.8, 4) is 0 Å². The molecule has 2 bridgehead atoms. The van der Waals surface area contributed by atoms with E-state index in [9.17, 15) is 19.5 Å². The van der Waals surface area contributed by atoms with Gasteiger partial charge in [0.2, 0.25) is 17.7 Å². The first kappa shape index (κ1) is 26.6. The molecule has 3 aliphatic rings. The van der Waals surface area contributed by atoms with Crippen LogP contribution in [0.1, 0.15) is 66.4 Å². The van der Waals surface area contributed by atoms with Gasteiger partial charge >= 0.3 is 0 Å². The number of nitrogens with one attached hydrogen (secondary N) is 2. The average Bonchev–Trinajstić information content (AvgIpc) is 3.32. The number of β-amino-alcohol motifs (C(OH)–C–C–N with tert-alkyl or cyclic N) is 1. The molecule has 1 aromatic carbocycles. The number of rotatable bonds is 8. The number of benzene rings is 1. The highest BCUT2D eigenvalue weighted by Crippen LogP contribution is 2.63. The fraction of sp³-hybridized carbons (Fsp3) is 0.679. The molecule has 0 aliphatic carbocycles. The highest BCUT2D eigenvalue weighted by molar-refractivity contribution is 5.99. The molecular formula is C28H41N3O5. The summed E-state index contributed by atoms with van der Waals surface area (Å²) in [4.78, 5) is 42.6. The van der Waals surface area contributed by atoms with Crippen molar-refractivity contribution in [2.45, 2.75) is 90.1 Å². The molecule has 1 aromatic rings. The van der Waals surface area contributed by atoms with Crippen LogP contribution in [0.15, 0.2) is 30.3 Å². The number of hydrogen-bond acceptors (Lipinski definition) is 5. The first-order valence-corrected chi connectivity index (χ1v) is 13.0. The summed E-state index contributed by atoms with van der Waals surface area (Å²) < 4.78 is 6.59. The molecule has 8 heteroatoms. The van der Waals surface area contributed by atoms with Gasteiger partial charge in [0, 0.05) is 18.6 Å². The van der Waals surface area contributed by atoms with Gasteiger partial charge in [0.05, 0.1) is 24.0 Å². The van der Waals surface area contributed by atoms with E-state index in [0.717, 1.165) is 12.0 Å². The van der Waals surface area contributed by atoms with Crippen LogP contribution >= 0.6 is 0 Å². The molecule has 0 saturated carbocycles. The minimum atomic E-state index is -1.09. The van der Waals surface area contributed by atoms with Crippen molar-refractivity contribution in [3.05, 3.63) is 35.9 Å². The number of aliphatic hydroxyl groups excluding tert-OH is 1. The van der Waals surface area contributed by atoms with Crippen LogP contribution < -0.4 is 10.6 Å². The number of ether oxygens (including phenoxy) is 1. The summed E-state index contributed by atoms with van der Waals surface area (Å²) >= 11 is 0. The van der Waals surface area contributed by atoms with E-state index in [1.54, 1.807) is 0 Å². The average molecular weight is 500 g/mol. The molecule has 3 heterocycles. The van der Waals surface area contributed by atoms with Crippen LogP contribution in [0, 0.1) is 17.3 Å². The molecule has 3 N–H and O–H groups in total. The fourth-order valence-electron chi connectivity index (χ4n) is 7.14. The molecule has 3 aliphatic heterocycles. The monoisotopic (exact) mass is 499 g/mol. The first-order chi connectivity index (χ1) is 16.7. The Morgan fingerprint density at radius 2 is 1.78 bits per heavy atom. The topological polar surface area (TPSA) is 108 Å². The largest absolute Gasteiger partial charge is 0.395 e. The maximum Gasteiger partial charge on any atom is 0.246 e. The van der Waals surface area contributed by atoms with E-state index in [1.807, 2.05) is 51.1 Å². The molecule has 36 heavy (non-hydrogen) atoms. The third-order valence-corrected chi connectivity index (χ3v) is 7.89. The minimum absolute atomic E-state index is 0.00832. The number of fused-ring (bicyclic) bond motifs is 1. The van der Waals surface area contributed by atoms with Gasteiger partial charge in [-0.2, -0.15) is 0 Å². The third kappa shape index (κ3) is 4.65. The molecule has 198 valence electrons. The number of hydrogen-bond donors (Lipinski definition) is 3. The molecule has 3 saturated heterocycles. The summed E-state index contributed by atoms with van der Waals surface area (Å²) in [7, 11) is 0. The van der Waals surface area contributed by atoms with E-state index >= 15 is 0 Å². The normalized spacial score (nSPS) is 31.5. The fourth-order valence-corrected chi connectivity index (χ4v) is 7.14. The van der Waals surface area contributed by atoms with Gasteiger partial charge in [0.1, 0.15) is 11.6 Å². The number of carbonyl (C=O) groups excluding carboxylic acids is 3. The van der Waals surface area contributed by atoms with Gasteiger partial charge in [-0.05, 0) is 51.0 Å². The van der Waals surface area contributed by atoms with Crippen molar-refractivity contribution in [1.29, 1.82) is 0 Å². The molecule has 2 unspecified atom stereocenters. The van der Waals surface area contributed by atoms with Gasteiger partial charge in [-0.25, -0.2) is 0 Å². The maximum atomic E-state index is 13.8. The molecule has 8 nitrogen and oxygen atoms in total. The summed E-state index contributed by atoms with van der Waals surface area (Å²) in [6.07, 6.45) is 1.84. The number of nitrogens with zero attached hydrogens (tertiary/aromatic N) is 1. The summed E-state index contributed by atoms with van der Waals surface area (Å²) in [6.45, 7) is 12.3. The highest BCUT2D eigenvalue weighted by atomic mass is 16.5. The molecule has 1 spiro atoms. The highest BCUT2D eigenvalue weighted by Gasteiger charge is 2.77. The Morgan fingerprint density at radius 3 is 2.39 bits per heavy atom. The smallest absolute Gasteiger partial charge is 0.246 e. The van der Waals surface area contributed by atoms with Gasteiger partial charge in [-0.15, -0.1) is 0 Å². The Morgan fingerprint density at radius 1 is 1.11 bits per heavy atom. The van der Waals surface area contributed by atoms with Crippen molar-refractivity contribution in [2.75, 3.05) is 13.2 Å². The van der Waals surface area contributed by atoms with E-state index < -0.39 is 34.6 Å². The standard InChI is InChI=1S/C28H41N3O5/c1-25(2,3)17-26(4,5)30-23(34)21-28-13-12-27(6,36-28)19(20(28)24(35)31(21)14-15-32)22(33)29-16-18-10-8-7-9-11-18/h7-11,19-21,32H,12-17H2,1-6H3,(H,29,33)(H,30,34)/t19-,20-,21?,27+,28?/m0/s1. The SMILES string of the molecule is CC(C)(C)CC(C)(C)NC(=O)C1N(CCO)C(=O)[C@@H]2[C@@H](C(=O)NCc3ccccc3)[C@@]3(C)CCC12O3. The lowest BCUT2D eigenvalue weighted by atomic mass is 9.66. The third-order valence-electron chi connectivity index (χ3n) is 7.89. The lowest BCUT2D eigenvalue weighted by Gasteiger charge is -2.38. The van der Waals surface area contributed by atoms with E-state index in [0.29, 0.717) is 19.4 Å². The van der Waals surface area contributed by atoms with E-state index in [2.05, 4.69) is 31.4 Å². The van der Waals surface area contributed by atoms with Crippen LogP contribution in [0.4, 0.5) is 0 Å². The number of likely N-dealkylation sites (tertiary alicyclic amines) is 1. The second kappa shape index (κ2) is 9.14. The molecule has 4 rings (SSSR count). The first-order valence-electron chi connectivity index (χ1n) is 13.0. The van der Waals surface area contributed by atoms with Crippen molar-refractivity contribution in [3.63, 3.8) is 0 Å². The zero-order valence-corrected chi connectivity index (χ0v) is 22.4. The summed E-state index contributed by atoms with van der Waals surface area (Å²) in [6, 6.07) is 8.72.